The van der Waals surface area contributed by atoms with E-state index >= 15 is 0 Å². The summed E-state index contributed by atoms with van der Waals surface area (Å²) in [6, 6.07) is 7.30. The van der Waals surface area contributed by atoms with Gasteiger partial charge in [-0.3, -0.25) is 9.59 Å². The van der Waals surface area contributed by atoms with Gasteiger partial charge >= 0.3 is 5.97 Å². The zero-order chi connectivity index (χ0) is 13.1. The first-order chi connectivity index (χ1) is 7.88. The first-order valence-electron chi connectivity index (χ1n) is 5.26. The van der Waals surface area contributed by atoms with Crippen molar-refractivity contribution in [1.82, 2.24) is 0 Å². The molecule has 0 heterocycles. The van der Waals surface area contributed by atoms with Gasteiger partial charge in [0.15, 0.2) is 5.60 Å². The van der Waals surface area contributed by atoms with Crippen molar-refractivity contribution in [3.8, 4) is 0 Å². The molecule has 1 rings (SSSR count). The van der Waals surface area contributed by atoms with Crippen LogP contribution in [0.4, 0.5) is 0 Å². The third-order valence-electron chi connectivity index (χ3n) is 2.30. The zero-order valence-electron chi connectivity index (χ0n) is 10.4. The van der Waals surface area contributed by atoms with E-state index in [1.807, 2.05) is 18.4 Å². The van der Waals surface area contributed by atoms with Gasteiger partial charge in [0.1, 0.15) is 0 Å². The summed E-state index contributed by atoms with van der Waals surface area (Å²) in [5.41, 5.74) is -0.538. The molecule has 0 N–H and O–H groups in total. The van der Waals surface area contributed by atoms with Crippen molar-refractivity contribution >= 4 is 23.5 Å². The molecule has 0 radical (unpaired) electrons. The van der Waals surface area contributed by atoms with Crippen LogP contribution < -0.4 is 0 Å². The Kier molecular flexibility index (Phi) is 4.34. The van der Waals surface area contributed by atoms with E-state index in [9.17, 15) is 9.59 Å². The summed E-state index contributed by atoms with van der Waals surface area (Å²) in [5.74, 6) is -0.636. The van der Waals surface area contributed by atoms with Gasteiger partial charge < -0.3 is 4.74 Å². The van der Waals surface area contributed by atoms with Crippen molar-refractivity contribution in [1.29, 1.82) is 0 Å². The minimum atomic E-state index is -1.13. The molecule has 17 heavy (non-hydrogen) atoms. The van der Waals surface area contributed by atoms with Crippen LogP contribution in [0.2, 0.25) is 0 Å². The number of benzene rings is 1. The number of carbonyl (C=O) groups is 2. The van der Waals surface area contributed by atoms with Gasteiger partial charge in [0.2, 0.25) is 5.78 Å². The molecule has 0 amide bonds. The third kappa shape index (κ3) is 3.33. The van der Waals surface area contributed by atoms with E-state index in [4.69, 9.17) is 4.74 Å². The van der Waals surface area contributed by atoms with Crippen LogP contribution in [-0.4, -0.2) is 23.6 Å². The van der Waals surface area contributed by atoms with Crippen LogP contribution in [0.1, 0.15) is 31.1 Å². The predicted molar refractivity (Wildman–Crippen MR) is 68.4 cm³/mol. The number of ether oxygens (including phenoxy) is 1. The molecule has 0 spiro atoms. The minimum Gasteiger partial charge on any atom is -0.451 e. The van der Waals surface area contributed by atoms with E-state index in [2.05, 4.69) is 0 Å². The molecule has 0 aromatic heterocycles. The highest BCUT2D eigenvalue weighted by molar-refractivity contribution is 7.98. The number of ketones is 1. The predicted octanol–water partition coefficient (Wildman–Crippen LogP) is 2.93. The van der Waals surface area contributed by atoms with Gasteiger partial charge in [-0.25, -0.2) is 0 Å². The number of hydrogen-bond acceptors (Lipinski definition) is 4. The van der Waals surface area contributed by atoms with E-state index in [-0.39, 0.29) is 5.78 Å². The van der Waals surface area contributed by atoms with Crippen LogP contribution in [0.5, 0.6) is 0 Å². The van der Waals surface area contributed by atoms with Crippen LogP contribution >= 0.6 is 11.8 Å². The summed E-state index contributed by atoms with van der Waals surface area (Å²) in [7, 11) is 0. The third-order valence-corrected chi connectivity index (χ3v) is 3.09. The average molecular weight is 252 g/mol. The van der Waals surface area contributed by atoms with E-state index in [0.717, 1.165) is 4.90 Å². The van der Waals surface area contributed by atoms with Crippen molar-refractivity contribution in [3.63, 3.8) is 0 Å². The van der Waals surface area contributed by atoms with Crippen LogP contribution in [0.25, 0.3) is 0 Å². The fourth-order valence-corrected chi connectivity index (χ4v) is 2.16. The fraction of sp³-hybridized carbons (Fsp3) is 0.385. The lowest BCUT2D eigenvalue weighted by Crippen LogP contribution is -2.37. The van der Waals surface area contributed by atoms with Crippen LogP contribution in [0.15, 0.2) is 29.2 Å². The Balaban J connectivity index is 3.07. The number of thioether (sulfide) groups is 1. The maximum absolute atomic E-state index is 12.3. The molecule has 1 aromatic rings. The molecule has 0 aliphatic carbocycles. The Morgan fingerprint density at radius 3 is 2.35 bits per heavy atom. The van der Waals surface area contributed by atoms with Crippen molar-refractivity contribution in [3.05, 3.63) is 29.8 Å². The highest BCUT2D eigenvalue weighted by atomic mass is 32.2. The lowest BCUT2D eigenvalue weighted by atomic mass is 9.96. The summed E-state index contributed by atoms with van der Waals surface area (Å²) in [4.78, 5) is 24.1. The summed E-state index contributed by atoms with van der Waals surface area (Å²) in [6.07, 6.45) is 1.91. The molecule has 4 heteroatoms. The second-order valence-electron chi connectivity index (χ2n) is 4.13. The Morgan fingerprint density at radius 2 is 1.82 bits per heavy atom. The van der Waals surface area contributed by atoms with Gasteiger partial charge in [-0.05, 0) is 26.2 Å². The molecule has 0 aliphatic heterocycles. The normalized spacial score (nSPS) is 11.1. The number of hydrogen-bond donors (Lipinski definition) is 0. The molecule has 92 valence electrons. The second-order valence-corrected chi connectivity index (χ2v) is 4.98. The smallest absolute Gasteiger partial charge is 0.303 e. The summed E-state index contributed by atoms with van der Waals surface area (Å²) in [6.45, 7) is 4.51. The molecule has 0 atom stereocenters. The summed E-state index contributed by atoms with van der Waals surface area (Å²) >= 11 is 1.50. The molecule has 1 aromatic carbocycles. The van der Waals surface area contributed by atoms with Crippen LogP contribution in [-0.2, 0) is 9.53 Å². The van der Waals surface area contributed by atoms with Gasteiger partial charge in [0, 0.05) is 17.4 Å². The Bertz CT molecular complexity index is 438. The Hall–Kier alpha value is -1.29. The summed E-state index contributed by atoms with van der Waals surface area (Å²) < 4.78 is 5.06. The second kappa shape index (κ2) is 5.36. The van der Waals surface area contributed by atoms with Crippen LogP contribution in [0, 0.1) is 0 Å². The van der Waals surface area contributed by atoms with Crippen molar-refractivity contribution in [2.24, 2.45) is 0 Å². The van der Waals surface area contributed by atoms with Gasteiger partial charge in [-0.15, -0.1) is 11.8 Å². The van der Waals surface area contributed by atoms with Crippen molar-refractivity contribution < 1.29 is 14.3 Å². The molecule has 0 saturated heterocycles. The SMILES string of the molecule is CSc1ccccc1C(=O)C(C)(C)OC(C)=O. The maximum Gasteiger partial charge on any atom is 0.303 e. The van der Waals surface area contributed by atoms with Gasteiger partial charge in [-0.1, -0.05) is 18.2 Å². The highest BCUT2D eigenvalue weighted by Gasteiger charge is 2.32. The number of esters is 1. The molecular formula is C13H16O3S. The average Bonchev–Trinajstić information content (AvgIpc) is 2.26. The number of carbonyl (C=O) groups excluding carboxylic acids is 2. The number of Topliss-reactive ketones (excluding diaryl/α,β-unsaturated/α-hetero) is 1. The molecule has 0 saturated carbocycles. The van der Waals surface area contributed by atoms with E-state index < -0.39 is 11.6 Å². The minimum absolute atomic E-state index is 0.183. The molecule has 0 unspecified atom stereocenters. The zero-order valence-corrected chi connectivity index (χ0v) is 11.3. The molecular weight excluding hydrogens is 236 g/mol. The Morgan fingerprint density at radius 1 is 1.24 bits per heavy atom. The lowest BCUT2D eigenvalue weighted by molar-refractivity contribution is -0.149. The number of rotatable bonds is 4. The van der Waals surface area contributed by atoms with Crippen LogP contribution in [0.3, 0.4) is 0 Å². The maximum atomic E-state index is 12.3. The molecule has 0 fully saturated rings. The van der Waals surface area contributed by atoms with E-state index in [1.54, 1.807) is 26.0 Å². The van der Waals surface area contributed by atoms with Crippen molar-refractivity contribution in [2.75, 3.05) is 6.26 Å². The van der Waals surface area contributed by atoms with Gasteiger partial charge in [-0.2, -0.15) is 0 Å². The first-order valence-corrected chi connectivity index (χ1v) is 6.48. The fourth-order valence-electron chi connectivity index (χ4n) is 1.56. The summed E-state index contributed by atoms with van der Waals surface area (Å²) in [5, 5.41) is 0. The monoisotopic (exact) mass is 252 g/mol. The topological polar surface area (TPSA) is 43.4 Å². The highest BCUT2D eigenvalue weighted by Crippen LogP contribution is 2.25. The largest absolute Gasteiger partial charge is 0.451 e. The quantitative estimate of drug-likeness (QED) is 0.469. The molecule has 0 bridgehead atoms. The van der Waals surface area contributed by atoms with Crippen molar-refractivity contribution in [2.45, 2.75) is 31.3 Å². The van der Waals surface area contributed by atoms with E-state index in [0.29, 0.717) is 5.56 Å². The Labute approximate surface area is 106 Å². The van der Waals surface area contributed by atoms with E-state index in [1.165, 1.54) is 18.7 Å². The lowest BCUT2D eigenvalue weighted by Gasteiger charge is -2.23. The van der Waals surface area contributed by atoms with Gasteiger partial charge in [0.25, 0.3) is 0 Å². The molecule has 3 nitrogen and oxygen atoms in total. The molecule has 0 aliphatic rings. The standard InChI is InChI=1S/C13H16O3S/c1-9(14)16-13(2,3)12(15)10-7-5-6-8-11(10)17-4/h5-8H,1-4H3. The van der Waals surface area contributed by atoms with Gasteiger partial charge in [0.05, 0.1) is 0 Å². The first kappa shape index (κ1) is 13.8.